The number of hydrogen-bond acceptors (Lipinski definition) is 6. The molecule has 3 aromatic carbocycles. The first-order valence-electron chi connectivity index (χ1n) is 12.8. The van der Waals surface area contributed by atoms with E-state index in [1.807, 2.05) is 18.2 Å². The zero-order chi connectivity index (χ0) is 29.4. The summed E-state index contributed by atoms with van der Waals surface area (Å²) in [6.07, 6.45) is -0.298. The van der Waals surface area contributed by atoms with E-state index in [1.165, 1.54) is 4.90 Å². The first-order valence-corrected chi connectivity index (χ1v) is 12.8. The normalized spacial score (nSPS) is 15.2. The fourth-order valence-electron chi connectivity index (χ4n) is 4.51. The number of benzene rings is 3. The van der Waals surface area contributed by atoms with Gasteiger partial charge in [0, 0.05) is 5.56 Å². The summed E-state index contributed by atoms with van der Waals surface area (Å²) in [7, 11) is 0. The van der Waals surface area contributed by atoms with E-state index in [-0.39, 0.29) is 24.6 Å². The van der Waals surface area contributed by atoms with Crippen molar-refractivity contribution in [3.63, 3.8) is 0 Å². The Hall–Kier alpha value is -5.32. The molecule has 1 heterocycles. The summed E-state index contributed by atoms with van der Waals surface area (Å²) < 4.78 is 0. The van der Waals surface area contributed by atoms with E-state index < -0.39 is 48.7 Å². The van der Waals surface area contributed by atoms with Crippen LogP contribution >= 0.6 is 0 Å². The van der Waals surface area contributed by atoms with Crippen molar-refractivity contribution >= 4 is 47.3 Å². The maximum atomic E-state index is 13.9. The number of hydrogen-bond donors (Lipinski definition) is 3. The fourth-order valence-corrected chi connectivity index (χ4v) is 4.51. The number of nitrogens with one attached hydrogen (secondary N) is 2. The lowest BCUT2D eigenvalue weighted by atomic mass is 10.1. The van der Waals surface area contributed by atoms with Gasteiger partial charge in [-0.05, 0) is 29.8 Å². The van der Waals surface area contributed by atoms with E-state index in [1.54, 1.807) is 66.7 Å². The number of carboxylic acids is 1. The van der Waals surface area contributed by atoms with Crippen LogP contribution in [0.15, 0.2) is 84.9 Å². The Kier molecular flexibility index (Phi) is 9.20. The molecule has 41 heavy (non-hydrogen) atoms. The van der Waals surface area contributed by atoms with Gasteiger partial charge in [0.25, 0.3) is 11.8 Å². The highest BCUT2D eigenvalue weighted by molar-refractivity contribution is 6.11. The summed E-state index contributed by atoms with van der Waals surface area (Å²) in [4.78, 5) is 78.4. The quantitative estimate of drug-likeness (QED) is 0.321. The van der Waals surface area contributed by atoms with Crippen molar-refractivity contribution in [1.82, 2.24) is 10.6 Å². The van der Waals surface area contributed by atoms with Crippen molar-refractivity contribution < 1.29 is 33.9 Å². The van der Waals surface area contributed by atoms with Crippen LogP contribution in [0.4, 0.5) is 11.4 Å². The van der Waals surface area contributed by atoms with Gasteiger partial charge in [0.05, 0.1) is 36.8 Å². The van der Waals surface area contributed by atoms with Gasteiger partial charge in [-0.2, -0.15) is 0 Å². The van der Waals surface area contributed by atoms with E-state index in [9.17, 15) is 28.8 Å². The van der Waals surface area contributed by atoms with Crippen molar-refractivity contribution in [2.24, 2.45) is 0 Å². The smallest absolute Gasteiger partial charge is 0.305 e. The van der Waals surface area contributed by atoms with Gasteiger partial charge < -0.3 is 25.4 Å². The highest BCUT2D eigenvalue weighted by atomic mass is 16.4. The molecule has 1 aliphatic heterocycles. The molecule has 0 aromatic heterocycles. The van der Waals surface area contributed by atoms with Crippen LogP contribution in [-0.2, 0) is 30.4 Å². The van der Waals surface area contributed by atoms with Crippen LogP contribution in [0.2, 0.25) is 0 Å². The Morgan fingerprint density at radius 3 is 2.15 bits per heavy atom. The molecule has 210 valence electrons. The minimum atomic E-state index is -1.30. The van der Waals surface area contributed by atoms with Crippen molar-refractivity contribution in [1.29, 1.82) is 0 Å². The number of nitrogens with zero attached hydrogens (tertiary/aromatic N) is 2. The number of anilines is 2. The molecule has 2 atom stereocenters. The van der Waals surface area contributed by atoms with Crippen LogP contribution in [-0.4, -0.2) is 66.2 Å². The number of rotatable bonds is 10. The van der Waals surface area contributed by atoms with Crippen LogP contribution in [0, 0.1) is 0 Å². The summed E-state index contributed by atoms with van der Waals surface area (Å²) >= 11 is 0. The third-order valence-corrected chi connectivity index (χ3v) is 6.44. The maximum Gasteiger partial charge on any atom is 0.305 e. The number of fused-ring (bicyclic) bond motifs is 1. The predicted octanol–water partition coefficient (Wildman–Crippen LogP) is 1.57. The molecular formula is C30H28N4O7. The molecule has 3 N–H and O–H groups in total. The van der Waals surface area contributed by atoms with Gasteiger partial charge in [-0.1, -0.05) is 60.7 Å². The topological polar surface area (TPSA) is 153 Å². The zero-order valence-electron chi connectivity index (χ0n) is 21.9. The number of para-hydroxylation sites is 2. The van der Waals surface area contributed by atoms with Gasteiger partial charge in [0.2, 0.25) is 11.8 Å². The van der Waals surface area contributed by atoms with E-state index >= 15 is 0 Å². The van der Waals surface area contributed by atoms with Crippen LogP contribution in [0.1, 0.15) is 22.3 Å². The number of amides is 4. The summed E-state index contributed by atoms with van der Waals surface area (Å²) in [6.45, 7) is -0.785. The molecule has 11 heteroatoms. The second kappa shape index (κ2) is 13.2. The maximum absolute atomic E-state index is 13.9. The minimum Gasteiger partial charge on any atom is -0.481 e. The molecular weight excluding hydrogens is 528 g/mol. The van der Waals surface area contributed by atoms with Gasteiger partial charge in [-0.3, -0.25) is 28.9 Å². The zero-order valence-corrected chi connectivity index (χ0v) is 21.9. The van der Waals surface area contributed by atoms with E-state index in [4.69, 9.17) is 5.11 Å². The van der Waals surface area contributed by atoms with Crippen LogP contribution < -0.4 is 20.4 Å². The lowest BCUT2D eigenvalue weighted by Gasteiger charge is -2.25. The van der Waals surface area contributed by atoms with Crippen molar-refractivity contribution in [2.75, 3.05) is 22.9 Å². The monoisotopic (exact) mass is 556 g/mol. The van der Waals surface area contributed by atoms with Crippen LogP contribution in [0.5, 0.6) is 0 Å². The number of carbonyl (C=O) groups is 6. The summed E-state index contributed by atoms with van der Waals surface area (Å²) in [5.74, 6) is -3.60. The molecule has 0 bridgehead atoms. The fraction of sp³-hybridized carbons (Fsp3) is 0.200. The third kappa shape index (κ3) is 7.21. The minimum absolute atomic E-state index is 0.0272. The summed E-state index contributed by atoms with van der Waals surface area (Å²) in [5, 5.41) is 14.0. The number of aldehydes is 1. The molecule has 11 nitrogen and oxygen atoms in total. The molecule has 4 amide bonds. The Morgan fingerprint density at radius 1 is 0.902 bits per heavy atom. The van der Waals surface area contributed by atoms with Crippen molar-refractivity contribution in [2.45, 2.75) is 24.9 Å². The van der Waals surface area contributed by atoms with E-state index in [0.717, 1.165) is 10.5 Å². The second-order valence-electron chi connectivity index (χ2n) is 9.38. The molecule has 0 spiro atoms. The van der Waals surface area contributed by atoms with Gasteiger partial charge in [-0.25, -0.2) is 0 Å². The molecule has 0 aliphatic carbocycles. The largest absolute Gasteiger partial charge is 0.481 e. The predicted molar refractivity (Wildman–Crippen MR) is 149 cm³/mol. The third-order valence-electron chi connectivity index (χ3n) is 6.44. The molecule has 1 aliphatic rings. The standard InChI is InChI=1S/C30H28N4O7/c35-19-22(16-28(38)39)31-26(36)18-34-25-14-8-7-13-24(25)33(27(37)15-20-9-3-1-4-10-20)17-23(30(34)41)32-29(40)21-11-5-2-6-12-21/h1-14,19,22-23H,15-18H2,(H,31,36)(H,32,40)(H,38,39)/t22-,23-/m0/s1. The second-order valence-corrected chi connectivity index (χ2v) is 9.38. The van der Waals surface area contributed by atoms with Crippen LogP contribution in [0.3, 0.4) is 0 Å². The molecule has 3 aromatic rings. The Labute approximate surface area is 235 Å². The molecule has 0 radical (unpaired) electrons. The summed E-state index contributed by atoms with van der Waals surface area (Å²) in [5.41, 5.74) is 1.65. The molecule has 0 saturated heterocycles. The van der Waals surface area contributed by atoms with E-state index in [0.29, 0.717) is 17.5 Å². The van der Waals surface area contributed by atoms with Crippen molar-refractivity contribution in [3.8, 4) is 0 Å². The molecule has 0 saturated carbocycles. The first kappa shape index (κ1) is 28.7. The summed E-state index contributed by atoms with van der Waals surface area (Å²) in [6, 6.07) is 21.3. The number of carboxylic acid groups (broad SMARTS) is 1. The molecule has 0 unspecified atom stereocenters. The molecule has 4 rings (SSSR count). The number of aliphatic carboxylic acids is 1. The van der Waals surface area contributed by atoms with Gasteiger partial charge >= 0.3 is 5.97 Å². The Bertz CT molecular complexity index is 1450. The Morgan fingerprint density at radius 2 is 1.51 bits per heavy atom. The highest BCUT2D eigenvalue weighted by Gasteiger charge is 2.38. The average Bonchev–Trinajstić information content (AvgIpc) is 3.08. The number of carbonyl (C=O) groups excluding carboxylic acids is 5. The lowest BCUT2D eigenvalue weighted by molar-refractivity contribution is -0.139. The first-order chi connectivity index (χ1) is 19.8. The van der Waals surface area contributed by atoms with Crippen molar-refractivity contribution in [3.05, 3.63) is 96.1 Å². The lowest BCUT2D eigenvalue weighted by Crippen LogP contribution is -2.54. The van der Waals surface area contributed by atoms with Gasteiger partial charge in [0.15, 0.2) is 0 Å². The SMILES string of the molecule is O=C[C@H](CC(=O)O)NC(=O)CN1C(=O)[C@@H](NC(=O)c2ccccc2)CN(C(=O)Cc2ccccc2)c2ccccc21. The Balaban J connectivity index is 1.69. The van der Waals surface area contributed by atoms with Gasteiger partial charge in [-0.15, -0.1) is 0 Å². The highest BCUT2D eigenvalue weighted by Crippen LogP contribution is 2.33. The van der Waals surface area contributed by atoms with Gasteiger partial charge in [0.1, 0.15) is 18.9 Å². The van der Waals surface area contributed by atoms with E-state index in [2.05, 4.69) is 10.6 Å². The average molecular weight is 557 g/mol. The van der Waals surface area contributed by atoms with Crippen LogP contribution in [0.25, 0.3) is 0 Å². The molecule has 0 fully saturated rings.